The Morgan fingerprint density at radius 3 is 2.84 bits per heavy atom. The Morgan fingerprint density at radius 1 is 1.22 bits per heavy atom. The third kappa shape index (κ3) is 6.91. The number of hydrogen-bond donors (Lipinski definition) is 0. The molecule has 0 spiro atoms. The maximum atomic E-state index is 13.3. The molecule has 0 bridgehead atoms. The SMILES string of the molecule is CCC(C)CCCC=C(CCN=C(C)C1CCN(c2ccc3c(c2)COC3)C1=O)c1cc(Cl)ccc1C. The molecular weight excluding hydrogens is 480 g/mol. The van der Waals surface area contributed by atoms with Crippen molar-refractivity contribution in [2.45, 2.75) is 79.4 Å². The zero-order chi connectivity index (χ0) is 26.4. The summed E-state index contributed by atoms with van der Waals surface area (Å²) in [5, 5.41) is 0.764. The molecule has 0 saturated carbocycles. The lowest BCUT2D eigenvalue weighted by Gasteiger charge is -2.18. The summed E-state index contributed by atoms with van der Waals surface area (Å²) in [7, 11) is 0. The second-order valence-electron chi connectivity index (χ2n) is 10.7. The highest BCUT2D eigenvalue weighted by atomic mass is 35.5. The molecule has 2 atom stereocenters. The van der Waals surface area contributed by atoms with Crippen LogP contribution in [0.1, 0.15) is 81.5 Å². The Bertz CT molecular complexity index is 1170. The standard InChI is InChI=1S/C32H41ClN2O2/c1-5-22(2)8-6-7-9-25(31-19-28(33)12-10-23(31)3)14-16-34-24(4)30-15-17-35(32(30)36)29-13-11-26-20-37-21-27(26)18-29/h9-13,18-19,22,30H,5-8,14-17,20-21H2,1-4H3. The largest absolute Gasteiger partial charge is 0.372 e. The fourth-order valence-corrected chi connectivity index (χ4v) is 5.52. The molecule has 2 unspecified atom stereocenters. The van der Waals surface area contributed by atoms with Gasteiger partial charge in [0.25, 0.3) is 0 Å². The van der Waals surface area contributed by atoms with Crippen LogP contribution in [0.5, 0.6) is 0 Å². The first-order valence-electron chi connectivity index (χ1n) is 13.8. The first-order valence-corrected chi connectivity index (χ1v) is 14.2. The molecule has 0 aromatic heterocycles. The van der Waals surface area contributed by atoms with Crippen molar-refractivity contribution < 1.29 is 9.53 Å². The molecule has 1 amide bonds. The molecule has 37 heavy (non-hydrogen) atoms. The molecule has 2 aliphatic rings. The molecule has 2 aromatic rings. The van der Waals surface area contributed by atoms with Gasteiger partial charge in [-0.1, -0.05) is 56.5 Å². The summed E-state index contributed by atoms with van der Waals surface area (Å²) in [6, 6.07) is 12.4. The zero-order valence-corrected chi connectivity index (χ0v) is 23.6. The van der Waals surface area contributed by atoms with Gasteiger partial charge in [0.1, 0.15) is 0 Å². The van der Waals surface area contributed by atoms with E-state index in [2.05, 4.69) is 51.1 Å². The van der Waals surface area contributed by atoms with Crippen molar-refractivity contribution in [3.63, 3.8) is 0 Å². The molecular formula is C32H41ClN2O2. The number of anilines is 1. The monoisotopic (exact) mass is 520 g/mol. The van der Waals surface area contributed by atoms with E-state index in [-0.39, 0.29) is 11.8 Å². The van der Waals surface area contributed by atoms with Crippen LogP contribution < -0.4 is 4.90 Å². The number of aryl methyl sites for hydroxylation is 1. The van der Waals surface area contributed by atoms with Crippen LogP contribution in [-0.2, 0) is 22.7 Å². The molecule has 0 radical (unpaired) electrons. The van der Waals surface area contributed by atoms with Crippen molar-refractivity contribution in [3.05, 3.63) is 69.8 Å². The van der Waals surface area contributed by atoms with Crippen molar-refractivity contribution >= 4 is 34.5 Å². The van der Waals surface area contributed by atoms with Crippen molar-refractivity contribution in [1.29, 1.82) is 0 Å². The average molecular weight is 521 g/mol. The molecule has 2 aromatic carbocycles. The zero-order valence-electron chi connectivity index (χ0n) is 22.9. The Kier molecular flexibility index (Phi) is 9.61. The summed E-state index contributed by atoms with van der Waals surface area (Å²) in [6.45, 7) is 11.5. The average Bonchev–Trinajstić information content (AvgIpc) is 3.52. The van der Waals surface area contributed by atoms with Gasteiger partial charge in [-0.25, -0.2) is 0 Å². The fraction of sp³-hybridized carbons (Fsp3) is 0.500. The van der Waals surface area contributed by atoms with Crippen LogP contribution in [0.2, 0.25) is 5.02 Å². The normalized spacial score (nSPS) is 19.0. The maximum Gasteiger partial charge on any atom is 0.235 e. The second kappa shape index (κ2) is 12.9. The van der Waals surface area contributed by atoms with Crippen LogP contribution in [0.4, 0.5) is 5.69 Å². The van der Waals surface area contributed by atoms with Gasteiger partial charge < -0.3 is 9.64 Å². The summed E-state index contributed by atoms with van der Waals surface area (Å²) in [5.74, 6) is 0.789. The third-order valence-corrected chi connectivity index (χ3v) is 8.24. The molecule has 0 N–H and O–H groups in total. The lowest BCUT2D eigenvalue weighted by Crippen LogP contribution is -2.29. The minimum absolute atomic E-state index is 0.139. The fourth-order valence-electron chi connectivity index (χ4n) is 5.35. The predicted molar refractivity (Wildman–Crippen MR) is 155 cm³/mol. The van der Waals surface area contributed by atoms with Crippen molar-refractivity contribution in [2.75, 3.05) is 18.0 Å². The highest BCUT2D eigenvalue weighted by Crippen LogP contribution is 2.31. The van der Waals surface area contributed by atoms with E-state index in [9.17, 15) is 4.79 Å². The number of unbranched alkanes of at least 4 members (excludes halogenated alkanes) is 1. The molecule has 1 fully saturated rings. The molecule has 198 valence electrons. The number of benzene rings is 2. The number of aliphatic imine (C=N–C) groups is 1. The number of allylic oxidation sites excluding steroid dienone is 1. The number of amides is 1. The van der Waals surface area contributed by atoms with Crippen LogP contribution in [0.15, 0.2) is 47.5 Å². The Labute approximate surface area is 227 Å². The lowest BCUT2D eigenvalue weighted by atomic mass is 9.95. The van der Waals surface area contributed by atoms with Gasteiger partial charge in [0.2, 0.25) is 5.91 Å². The van der Waals surface area contributed by atoms with Gasteiger partial charge in [0.15, 0.2) is 0 Å². The van der Waals surface area contributed by atoms with Crippen molar-refractivity contribution in [1.82, 2.24) is 0 Å². The summed E-state index contributed by atoms with van der Waals surface area (Å²) in [4.78, 5) is 20.1. The number of ether oxygens (including phenoxy) is 1. The Morgan fingerprint density at radius 2 is 2.03 bits per heavy atom. The minimum Gasteiger partial charge on any atom is -0.372 e. The van der Waals surface area contributed by atoms with Gasteiger partial charge in [0, 0.05) is 29.5 Å². The molecule has 0 aliphatic carbocycles. The van der Waals surface area contributed by atoms with Gasteiger partial charge in [-0.2, -0.15) is 0 Å². The van der Waals surface area contributed by atoms with Gasteiger partial charge in [-0.3, -0.25) is 9.79 Å². The quantitative estimate of drug-likeness (QED) is 0.221. The highest BCUT2D eigenvalue weighted by molar-refractivity contribution is 6.30. The number of rotatable bonds is 11. The maximum absolute atomic E-state index is 13.3. The second-order valence-corrected chi connectivity index (χ2v) is 11.1. The third-order valence-electron chi connectivity index (χ3n) is 8.00. The van der Waals surface area contributed by atoms with Crippen LogP contribution in [-0.4, -0.2) is 24.7 Å². The highest BCUT2D eigenvalue weighted by Gasteiger charge is 2.34. The first kappa shape index (κ1) is 27.6. The number of hydrogen-bond acceptors (Lipinski definition) is 3. The van der Waals surface area contributed by atoms with E-state index in [4.69, 9.17) is 21.3 Å². The van der Waals surface area contributed by atoms with Crippen LogP contribution >= 0.6 is 11.6 Å². The minimum atomic E-state index is -0.139. The van der Waals surface area contributed by atoms with E-state index in [0.717, 1.165) is 48.1 Å². The van der Waals surface area contributed by atoms with Crippen molar-refractivity contribution in [2.24, 2.45) is 16.8 Å². The Hall–Kier alpha value is -2.43. The summed E-state index contributed by atoms with van der Waals surface area (Å²) in [5.41, 5.74) is 8.09. The Balaban J connectivity index is 1.41. The van der Waals surface area contributed by atoms with E-state index in [1.54, 1.807) is 0 Å². The molecule has 4 rings (SSSR count). The molecule has 2 heterocycles. The number of carbonyl (C=O) groups is 1. The predicted octanol–water partition coefficient (Wildman–Crippen LogP) is 8.18. The van der Waals surface area contributed by atoms with Gasteiger partial charge in [0.05, 0.1) is 19.1 Å². The van der Waals surface area contributed by atoms with E-state index < -0.39 is 0 Å². The van der Waals surface area contributed by atoms with E-state index in [1.165, 1.54) is 47.1 Å². The smallest absolute Gasteiger partial charge is 0.235 e. The number of carbonyl (C=O) groups excluding carboxylic acids is 1. The number of halogens is 1. The first-order chi connectivity index (χ1) is 17.9. The van der Waals surface area contributed by atoms with E-state index >= 15 is 0 Å². The van der Waals surface area contributed by atoms with E-state index in [1.807, 2.05) is 24.0 Å². The lowest BCUT2D eigenvalue weighted by molar-refractivity contribution is -0.118. The molecule has 1 saturated heterocycles. The van der Waals surface area contributed by atoms with Crippen LogP contribution in [0, 0.1) is 18.8 Å². The van der Waals surface area contributed by atoms with E-state index in [0.29, 0.717) is 19.8 Å². The van der Waals surface area contributed by atoms with Gasteiger partial charge >= 0.3 is 0 Å². The number of nitrogens with zero attached hydrogens (tertiary/aromatic N) is 2. The van der Waals surface area contributed by atoms with Crippen LogP contribution in [0.25, 0.3) is 5.57 Å². The van der Waals surface area contributed by atoms with Crippen LogP contribution in [0.3, 0.4) is 0 Å². The topological polar surface area (TPSA) is 41.9 Å². The summed E-state index contributed by atoms with van der Waals surface area (Å²) < 4.78 is 5.54. The van der Waals surface area contributed by atoms with Gasteiger partial charge in [-0.05, 0) is 97.5 Å². The molecule has 2 aliphatic heterocycles. The molecule has 4 nitrogen and oxygen atoms in total. The van der Waals surface area contributed by atoms with Gasteiger partial charge in [-0.15, -0.1) is 0 Å². The summed E-state index contributed by atoms with van der Waals surface area (Å²) >= 11 is 6.36. The number of fused-ring (bicyclic) bond motifs is 1. The summed E-state index contributed by atoms with van der Waals surface area (Å²) in [6.07, 6.45) is 8.79. The van der Waals surface area contributed by atoms with Crippen molar-refractivity contribution in [3.8, 4) is 0 Å². The molecule has 5 heteroatoms.